The minimum Gasteiger partial charge on any atom is -0.465 e. The standard InChI is InChI=1S/C10H16N2O4/c13-7-2-1-4-11-5-3-6-12(10(15)16)8-9(11)14/h7H,1-6,8H2,(H,15,16). The van der Waals surface area contributed by atoms with Crippen molar-refractivity contribution in [2.75, 3.05) is 26.2 Å². The summed E-state index contributed by atoms with van der Waals surface area (Å²) in [5, 5.41) is 8.79. The Morgan fingerprint density at radius 1 is 1.44 bits per heavy atom. The predicted molar refractivity (Wildman–Crippen MR) is 56.1 cm³/mol. The van der Waals surface area contributed by atoms with Crippen molar-refractivity contribution in [1.82, 2.24) is 9.80 Å². The number of carbonyl (C=O) groups is 3. The SMILES string of the molecule is O=CCCCN1CCCN(C(=O)O)CC1=O. The Morgan fingerprint density at radius 3 is 2.81 bits per heavy atom. The second-order valence-corrected chi connectivity index (χ2v) is 3.75. The van der Waals surface area contributed by atoms with Gasteiger partial charge in [-0.15, -0.1) is 0 Å². The lowest BCUT2D eigenvalue weighted by Gasteiger charge is -2.20. The van der Waals surface area contributed by atoms with Gasteiger partial charge in [0, 0.05) is 26.1 Å². The van der Waals surface area contributed by atoms with Crippen molar-refractivity contribution in [3.8, 4) is 0 Å². The van der Waals surface area contributed by atoms with Crippen LogP contribution in [0.2, 0.25) is 0 Å². The molecule has 2 amide bonds. The van der Waals surface area contributed by atoms with E-state index in [1.54, 1.807) is 4.90 Å². The summed E-state index contributed by atoms with van der Waals surface area (Å²) in [6, 6.07) is 0. The summed E-state index contributed by atoms with van der Waals surface area (Å²) in [6.45, 7) is 1.42. The summed E-state index contributed by atoms with van der Waals surface area (Å²) in [4.78, 5) is 35.3. The second kappa shape index (κ2) is 6.09. The van der Waals surface area contributed by atoms with Crippen molar-refractivity contribution in [3.63, 3.8) is 0 Å². The largest absolute Gasteiger partial charge is 0.465 e. The molecule has 0 aromatic carbocycles. The Balaban J connectivity index is 2.46. The van der Waals surface area contributed by atoms with Crippen LogP contribution >= 0.6 is 0 Å². The molecule has 0 saturated carbocycles. The first-order valence-corrected chi connectivity index (χ1v) is 5.34. The topological polar surface area (TPSA) is 77.9 Å². The van der Waals surface area contributed by atoms with Gasteiger partial charge in [-0.25, -0.2) is 4.79 Å². The van der Waals surface area contributed by atoms with E-state index in [9.17, 15) is 14.4 Å². The third kappa shape index (κ3) is 3.52. The lowest BCUT2D eigenvalue weighted by molar-refractivity contribution is -0.131. The van der Waals surface area contributed by atoms with Gasteiger partial charge in [0.25, 0.3) is 0 Å². The van der Waals surface area contributed by atoms with E-state index in [2.05, 4.69) is 0 Å². The van der Waals surface area contributed by atoms with E-state index < -0.39 is 6.09 Å². The first-order chi connectivity index (χ1) is 7.65. The van der Waals surface area contributed by atoms with E-state index in [-0.39, 0.29) is 12.5 Å². The summed E-state index contributed by atoms with van der Waals surface area (Å²) < 4.78 is 0. The maximum absolute atomic E-state index is 11.7. The number of unbranched alkanes of at least 4 members (excludes halogenated alkanes) is 1. The third-order valence-electron chi connectivity index (χ3n) is 2.56. The molecule has 0 aliphatic carbocycles. The number of hydrogen-bond donors (Lipinski definition) is 1. The van der Waals surface area contributed by atoms with E-state index in [0.29, 0.717) is 38.9 Å². The normalized spacial score (nSPS) is 17.1. The van der Waals surface area contributed by atoms with Crippen LogP contribution in [-0.2, 0) is 9.59 Å². The van der Waals surface area contributed by atoms with Gasteiger partial charge in [-0.05, 0) is 12.8 Å². The highest BCUT2D eigenvalue weighted by molar-refractivity contribution is 5.82. The number of hydrogen-bond acceptors (Lipinski definition) is 3. The number of carbonyl (C=O) groups excluding carboxylic acids is 2. The molecule has 1 saturated heterocycles. The van der Waals surface area contributed by atoms with E-state index in [4.69, 9.17) is 5.11 Å². The lowest BCUT2D eigenvalue weighted by Crippen LogP contribution is -2.39. The Kier molecular flexibility index (Phi) is 4.75. The number of nitrogens with zero attached hydrogens (tertiary/aromatic N) is 2. The average molecular weight is 228 g/mol. The van der Waals surface area contributed by atoms with Crippen molar-refractivity contribution < 1.29 is 19.5 Å². The van der Waals surface area contributed by atoms with Crippen LogP contribution in [0.5, 0.6) is 0 Å². The first-order valence-electron chi connectivity index (χ1n) is 5.34. The van der Waals surface area contributed by atoms with E-state index in [0.717, 1.165) is 11.2 Å². The minimum atomic E-state index is -1.05. The van der Waals surface area contributed by atoms with Crippen LogP contribution in [0.4, 0.5) is 4.79 Å². The summed E-state index contributed by atoms with van der Waals surface area (Å²) in [5.74, 6) is -0.175. The van der Waals surface area contributed by atoms with Gasteiger partial charge in [0.15, 0.2) is 0 Å². The highest BCUT2D eigenvalue weighted by Crippen LogP contribution is 2.05. The third-order valence-corrected chi connectivity index (χ3v) is 2.56. The molecule has 0 unspecified atom stereocenters. The summed E-state index contributed by atoms with van der Waals surface area (Å²) >= 11 is 0. The lowest BCUT2D eigenvalue weighted by atomic mass is 10.3. The molecule has 1 heterocycles. The summed E-state index contributed by atoms with van der Waals surface area (Å²) in [6.07, 6.45) is 1.50. The zero-order valence-electron chi connectivity index (χ0n) is 9.09. The molecule has 1 aliphatic rings. The molecule has 16 heavy (non-hydrogen) atoms. The monoisotopic (exact) mass is 228 g/mol. The Hall–Kier alpha value is -1.59. The van der Waals surface area contributed by atoms with Crippen LogP contribution in [0.3, 0.4) is 0 Å². The summed E-state index contributed by atoms with van der Waals surface area (Å²) in [5.41, 5.74) is 0. The number of amides is 2. The van der Waals surface area contributed by atoms with Gasteiger partial charge in [0.05, 0.1) is 0 Å². The highest BCUT2D eigenvalue weighted by atomic mass is 16.4. The van der Waals surface area contributed by atoms with Crippen LogP contribution in [-0.4, -0.2) is 59.4 Å². The van der Waals surface area contributed by atoms with Crippen LogP contribution in [0.1, 0.15) is 19.3 Å². The molecule has 1 fully saturated rings. The van der Waals surface area contributed by atoms with Gasteiger partial charge in [-0.1, -0.05) is 0 Å². The average Bonchev–Trinajstić information content (AvgIpc) is 2.42. The Labute approximate surface area is 93.8 Å². The quantitative estimate of drug-likeness (QED) is 0.550. The van der Waals surface area contributed by atoms with Gasteiger partial charge in [0.1, 0.15) is 12.8 Å². The zero-order valence-corrected chi connectivity index (χ0v) is 9.09. The highest BCUT2D eigenvalue weighted by Gasteiger charge is 2.23. The van der Waals surface area contributed by atoms with Crippen LogP contribution in [0.25, 0.3) is 0 Å². The fourth-order valence-electron chi connectivity index (χ4n) is 1.68. The molecule has 6 nitrogen and oxygen atoms in total. The van der Waals surface area contributed by atoms with Crippen molar-refractivity contribution in [2.24, 2.45) is 0 Å². The van der Waals surface area contributed by atoms with Crippen LogP contribution in [0, 0.1) is 0 Å². The molecule has 1 rings (SSSR count). The number of aldehydes is 1. The minimum absolute atomic E-state index is 0.0730. The van der Waals surface area contributed by atoms with Crippen LogP contribution in [0.15, 0.2) is 0 Å². The molecule has 0 atom stereocenters. The van der Waals surface area contributed by atoms with Gasteiger partial charge >= 0.3 is 6.09 Å². The molecule has 0 spiro atoms. The molecular weight excluding hydrogens is 212 g/mol. The Morgan fingerprint density at radius 2 is 2.19 bits per heavy atom. The number of carboxylic acid groups (broad SMARTS) is 1. The van der Waals surface area contributed by atoms with Crippen molar-refractivity contribution >= 4 is 18.3 Å². The molecule has 1 aliphatic heterocycles. The molecule has 0 radical (unpaired) electrons. The van der Waals surface area contributed by atoms with E-state index in [1.165, 1.54) is 0 Å². The van der Waals surface area contributed by atoms with E-state index in [1.807, 2.05) is 0 Å². The molecular formula is C10H16N2O4. The number of rotatable bonds is 4. The van der Waals surface area contributed by atoms with Gasteiger partial charge in [-0.2, -0.15) is 0 Å². The molecule has 90 valence electrons. The molecule has 6 heteroatoms. The maximum atomic E-state index is 11.7. The van der Waals surface area contributed by atoms with Crippen LogP contribution < -0.4 is 0 Å². The molecule has 0 bridgehead atoms. The van der Waals surface area contributed by atoms with Crippen molar-refractivity contribution in [2.45, 2.75) is 19.3 Å². The predicted octanol–water partition coefficient (Wildman–Crippen LogP) is 0.178. The Bertz CT molecular complexity index is 280. The fourth-order valence-corrected chi connectivity index (χ4v) is 1.68. The fraction of sp³-hybridized carbons (Fsp3) is 0.700. The summed E-state index contributed by atoms with van der Waals surface area (Å²) in [7, 11) is 0. The van der Waals surface area contributed by atoms with Gasteiger partial charge in [0.2, 0.25) is 5.91 Å². The smallest absolute Gasteiger partial charge is 0.407 e. The van der Waals surface area contributed by atoms with Gasteiger partial charge < -0.3 is 14.8 Å². The maximum Gasteiger partial charge on any atom is 0.407 e. The molecule has 1 N–H and O–H groups in total. The zero-order chi connectivity index (χ0) is 12.0. The first kappa shape index (κ1) is 12.5. The second-order valence-electron chi connectivity index (χ2n) is 3.75. The molecule has 0 aromatic heterocycles. The van der Waals surface area contributed by atoms with E-state index >= 15 is 0 Å². The van der Waals surface area contributed by atoms with Crippen molar-refractivity contribution in [1.29, 1.82) is 0 Å². The molecule has 0 aromatic rings. The van der Waals surface area contributed by atoms with Gasteiger partial charge in [-0.3, -0.25) is 9.69 Å². The van der Waals surface area contributed by atoms with Crippen molar-refractivity contribution in [3.05, 3.63) is 0 Å².